The minimum atomic E-state index is 0.716. The van der Waals surface area contributed by atoms with E-state index in [-0.39, 0.29) is 0 Å². The zero-order valence-electron chi connectivity index (χ0n) is 11.8. The number of hydrogen-bond donors (Lipinski definition) is 1. The molecule has 0 spiro atoms. The molecule has 1 heterocycles. The maximum atomic E-state index is 3.46. The Morgan fingerprint density at radius 1 is 1.06 bits per heavy atom. The van der Waals surface area contributed by atoms with E-state index in [4.69, 9.17) is 0 Å². The van der Waals surface area contributed by atoms with Crippen molar-refractivity contribution in [3.8, 4) is 0 Å². The maximum Gasteiger partial charge on any atom is 0.0113 e. The van der Waals surface area contributed by atoms with Gasteiger partial charge in [-0.2, -0.15) is 0 Å². The predicted octanol–water partition coefficient (Wildman–Crippen LogP) is 1.54. The smallest absolute Gasteiger partial charge is 0.0113 e. The van der Waals surface area contributed by atoms with Crippen LogP contribution in [0.4, 0.5) is 0 Å². The Labute approximate surface area is 107 Å². The molecule has 3 nitrogen and oxygen atoms in total. The van der Waals surface area contributed by atoms with Crippen LogP contribution >= 0.6 is 0 Å². The first-order valence-corrected chi connectivity index (χ1v) is 7.36. The van der Waals surface area contributed by atoms with E-state index in [0.29, 0.717) is 6.04 Å². The first-order chi connectivity index (χ1) is 8.20. The van der Waals surface area contributed by atoms with E-state index in [0.717, 1.165) is 12.1 Å². The van der Waals surface area contributed by atoms with Crippen LogP contribution in [-0.4, -0.2) is 61.2 Å². The van der Waals surface area contributed by atoms with Crippen LogP contribution in [0.1, 0.15) is 39.5 Å². The highest BCUT2D eigenvalue weighted by molar-refractivity contribution is 4.86. The SMILES string of the molecule is CN[C@@H]1CCC[C@@H](N2CCN(C(C)C)CC2)C1. The Balaban J connectivity index is 1.80. The molecule has 2 fully saturated rings. The summed E-state index contributed by atoms with van der Waals surface area (Å²) in [5.41, 5.74) is 0. The molecule has 0 aromatic heterocycles. The van der Waals surface area contributed by atoms with Crippen molar-refractivity contribution in [1.29, 1.82) is 0 Å². The van der Waals surface area contributed by atoms with Crippen LogP contribution in [0.15, 0.2) is 0 Å². The van der Waals surface area contributed by atoms with Crippen molar-refractivity contribution in [2.75, 3.05) is 33.2 Å². The monoisotopic (exact) mass is 239 g/mol. The van der Waals surface area contributed by atoms with Gasteiger partial charge in [-0.15, -0.1) is 0 Å². The third-order valence-electron chi connectivity index (χ3n) is 4.65. The molecule has 0 radical (unpaired) electrons. The zero-order chi connectivity index (χ0) is 12.3. The fourth-order valence-electron chi connectivity index (χ4n) is 3.38. The number of piperazine rings is 1. The molecule has 0 unspecified atom stereocenters. The van der Waals surface area contributed by atoms with Gasteiger partial charge in [0.15, 0.2) is 0 Å². The van der Waals surface area contributed by atoms with Crippen molar-refractivity contribution in [3.05, 3.63) is 0 Å². The van der Waals surface area contributed by atoms with Crippen molar-refractivity contribution >= 4 is 0 Å². The normalized spacial score (nSPS) is 33.2. The Hall–Kier alpha value is -0.120. The molecular formula is C14H29N3. The van der Waals surface area contributed by atoms with Gasteiger partial charge in [-0.05, 0) is 40.2 Å². The number of nitrogens with one attached hydrogen (secondary N) is 1. The lowest BCUT2D eigenvalue weighted by Gasteiger charge is -2.43. The summed E-state index contributed by atoms with van der Waals surface area (Å²) in [5, 5.41) is 3.46. The molecule has 0 aromatic carbocycles. The predicted molar refractivity (Wildman–Crippen MR) is 73.4 cm³/mol. The van der Waals surface area contributed by atoms with Gasteiger partial charge in [-0.25, -0.2) is 0 Å². The van der Waals surface area contributed by atoms with Crippen LogP contribution in [0.2, 0.25) is 0 Å². The summed E-state index contributed by atoms with van der Waals surface area (Å²) in [7, 11) is 2.11. The van der Waals surface area contributed by atoms with E-state index in [1.165, 1.54) is 51.9 Å². The van der Waals surface area contributed by atoms with E-state index in [2.05, 4.69) is 36.0 Å². The summed E-state index contributed by atoms with van der Waals surface area (Å²) in [5.74, 6) is 0. The minimum absolute atomic E-state index is 0.716. The lowest BCUT2D eigenvalue weighted by Crippen LogP contribution is -2.54. The second kappa shape index (κ2) is 6.17. The standard InChI is InChI=1S/C14H29N3/c1-12(2)16-7-9-17(10-8-16)14-6-4-5-13(11-14)15-3/h12-15H,4-11H2,1-3H3/t13-,14-/m1/s1. The van der Waals surface area contributed by atoms with Crippen molar-refractivity contribution in [1.82, 2.24) is 15.1 Å². The number of rotatable bonds is 3. The summed E-state index contributed by atoms with van der Waals surface area (Å²) in [6.45, 7) is 9.70. The summed E-state index contributed by atoms with van der Waals surface area (Å²) in [6.07, 6.45) is 5.55. The fraction of sp³-hybridized carbons (Fsp3) is 1.00. The second-order valence-corrected chi connectivity index (χ2v) is 5.97. The Morgan fingerprint density at radius 2 is 1.76 bits per heavy atom. The Morgan fingerprint density at radius 3 is 2.35 bits per heavy atom. The van der Waals surface area contributed by atoms with Crippen LogP contribution in [0.25, 0.3) is 0 Å². The fourth-order valence-corrected chi connectivity index (χ4v) is 3.38. The summed E-state index contributed by atoms with van der Waals surface area (Å²) in [6, 6.07) is 2.32. The van der Waals surface area contributed by atoms with E-state index >= 15 is 0 Å². The van der Waals surface area contributed by atoms with Crippen LogP contribution in [-0.2, 0) is 0 Å². The molecule has 2 rings (SSSR count). The van der Waals surface area contributed by atoms with Gasteiger partial charge in [-0.1, -0.05) is 6.42 Å². The molecule has 0 amide bonds. The van der Waals surface area contributed by atoms with Crippen LogP contribution in [0.5, 0.6) is 0 Å². The van der Waals surface area contributed by atoms with Gasteiger partial charge in [0.2, 0.25) is 0 Å². The van der Waals surface area contributed by atoms with E-state index in [9.17, 15) is 0 Å². The molecule has 1 N–H and O–H groups in total. The molecule has 1 aliphatic heterocycles. The van der Waals surface area contributed by atoms with Crippen LogP contribution in [0, 0.1) is 0 Å². The summed E-state index contributed by atoms with van der Waals surface area (Å²) >= 11 is 0. The highest BCUT2D eigenvalue weighted by Gasteiger charge is 2.28. The van der Waals surface area contributed by atoms with Gasteiger partial charge in [0, 0.05) is 44.3 Å². The summed E-state index contributed by atoms with van der Waals surface area (Å²) < 4.78 is 0. The Kier molecular flexibility index (Phi) is 4.83. The quantitative estimate of drug-likeness (QED) is 0.806. The van der Waals surface area contributed by atoms with Crippen molar-refractivity contribution in [3.63, 3.8) is 0 Å². The van der Waals surface area contributed by atoms with Crippen LogP contribution < -0.4 is 5.32 Å². The zero-order valence-corrected chi connectivity index (χ0v) is 11.8. The van der Waals surface area contributed by atoms with Gasteiger partial charge in [-0.3, -0.25) is 9.80 Å². The lowest BCUT2D eigenvalue weighted by molar-refractivity contribution is 0.0591. The average molecular weight is 239 g/mol. The Bertz CT molecular complexity index is 222. The van der Waals surface area contributed by atoms with Crippen molar-refractivity contribution in [2.45, 2.75) is 57.7 Å². The molecule has 2 atom stereocenters. The van der Waals surface area contributed by atoms with Gasteiger partial charge < -0.3 is 5.32 Å². The van der Waals surface area contributed by atoms with Crippen LogP contribution in [0.3, 0.4) is 0 Å². The van der Waals surface area contributed by atoms with E-state index in [1.54, 1.807) is 0 Å². The molecule has 17 heavy (non-hydrogen) atoms. The largest absolute Gasteiger partial charge is 0.317 e. The molecule has 2 aliphatic rings. The first kappa shape index (κ1) is 13.3. The van der Waals surface area contributed by atoms with Crippen molar-refractivity contribution < 1.29 is 0 Å². The third-order valence-corrected chi connectivity index (χ3v) is 4.65. The summed E-state index contributed by atoms with van der Waals surface area (Å²) in [4.78, 5) is 5.34. The second-order valence-electron chi connectivity index (χ2n) is 5.97. The van der Waals surface area contributed by atoms with E-state index < -0.39 is 0 Å². The minimum Gasteiger partial charge on any atom is -0.317 e. The molecule has 3 heteroatoms. The molecule has 1 aliphatic carbocycles. The number of hydrogen-bond acceptors (Lipinski definition) is 3. The highest BCUT2D eigenvalue weighted by Crippen LogP contribution is 2.24. The van der Waals surface area contributed by atoms with Gasteiger partial charge in [0.25, 0.3) is 0 Å². The number of nitrogens with zero attached hydrogens (tertiary/aromatic N) is 2. The van der Waals surface area contributed by atoms with E-state index in [1.807, 2.05) is 0 Å². The lowest BCUT2D eigenvalue weighted by atomic mass is 9.89. The molecule has 1 saturated carbocycles. The maximum absolute atomic E-state index is 3.46. The van der Waals surface area contributed by atoms with Gasteiger partial charge in [0.1, 0.15) is 0 Å². The third kappa shape index (κ3) is 3.43. The van der Waals surface area contributed by atoms with Gasteiger partial charge in [0.05, 0.1) is 0 Å². The molecule has 100 valence electrons. The first-order valence-electron chi connectivity index (χ1n) is 7.36. The molecule has 0 aromatic rings. The highest BCUT2D eigenvalue weighted by atomic mass is 15.3. The molecular weight excluding hydrogens is 210 g/mol. The molecule has 1 saturated heterocycles. The average Bonchev–Trinajstić information content (AvgIpc) is 2.39. The topological polar surface area (TPSA) is 18.5 Å². The van der Waals surface area contributed by atoms with Gasteiger partial charge >= 0.3 is 0 Å². The molecule has 0 bridgehead atoms. The van der Waals surface area contributed by atoms with Crippen molar-refractivity contribution in [2.24, 2.45) is 0 Å².